The molecule has 1 rings (SSSR count). The molecule has 0 heterocycles. The zero-order valence-corrected chi connectivity index (χ0v) is 11.9. The Balaban J connectivity index is 2.29. The summed E-state index contributed by atoms with van der Waals surface area (Å²) in [7, 11) is 0. The number of hydrogen-bond acceptors (Lipinski definition) is 2. The van der Waals surface area contributed by atoms with E-state index in [0.29, 0.717) is 16.1 Å². The Morgan fingerprint density at radius 1 is 1.31 bits per heavy atom. The first kappa shape index (κ1) is 14.2. The van der Waals surface area contributed by atoms with E-state index in [-0.39, 0.29) is 0 Å². The third-order valence-electron chi connectivity index (χ3n) is 2.37. The molecule has 1 aromatic rings. The molecule has 0 aliphatic carbocycles. The van der Waals surface area contributed by atoms with Gasteiger partial charge in [0.1, 0.15) is 0 Å². The van der Waals surface area contributed by atoms with Crippen LogP contribution in [0.1, 0.15) is 20.3 Å². The van der Waals surface area contributed by atoms with Gasteiger partial charge in [-0.3, -0.25) is 0 Å². The lowest BCUT2D eigenvalue weighted by molar-refractivity contribution is 0.555. The van der Waals surface area contributed by atoms with E-state index in [1.54, 1.807) is 11.8 Å². The van der Waals surface area contributed by atoms with E-state index in [1.165, 1.54) is 4.90 Å². The Bertz CT molecular complexity index is 331. The molecule has 0 spiro atoms. The van der Waals surface area contributed by atoms with Crippen LogP contribution in [0.5, 0.6) is 0 Å². The molecule has 4 heteroatoms. The molecule has 1 atom stereocenters. The van der Waals surface area contributed by atoms with Gasteiger partial charge in [-0.05, 0) is 31.5 Å². The standard InChI is InChI=1S/C12H17Cl2NS/c1-3-9(2)15-6-7-16-10-4-5-11(13)12(14)8-10/h4-5,8-9,15H,3,6-7H2,1-2H3. The second-order valence-corrected chi connectivity index (χ2v) is 5.67. The van der Waals surface area contributed by atoms with E-state index in [4.69, 9.17) is 23.2 Å². The topological polar surface area (TPSA) is 12.0 Å². The van der Waals surface area contributed by atoms with Crippen LogP contribution >= 0.6 is 35.0 Å². The Labute approximate surface area is 112 Å². The summed E-state index contributed by atoms with van der Waals surface area (Å²) < 4.78 is 0. The summed E-state index contributed by atoms with van der Waals surface area (Å²) in [6.07, 6.45) is 1.16. The third kappa shape index (κ3) is 4.96. The third-order valence-corrected chi connectivity index (χ3v) is 4.10. The highest BCUT2D eigenvalue weighted by Gasteiger charge is 2.01. The maximum absolute atomic E-state index is 5.94. The number of nitrogens with one attached hydrogen (secondary N) is 1. The minimum atomic E-state index is 0.592. The molecule has 0 aromatic heterocycles. The molecule has 0 radical (unpaired) electrons. The summed E-state index contributed by atoms with van der Waals surface area (Å²) in [6.45, 7) is 5.40. The van der Waals surface area contributed by atoms with Crippen LogP contribution in [0.15, 0.2) is 23.1 Å². The smallest absolute Gasteiger partial charge is 0.0603 e. The van der Waals surface area contributed by atoms with Gasteiger partial charge >= 0.3 is 0 Å². The Morgan fingerprint density at radius 3 is 2.69 bits per heavy atom. The van der Waals surface area contributed by atoms with Gasteiger partial charge in [0, 0.05) is 23.2 Å². The highest BCUT2D eigenvalue weighted by molar-refractivity contribution is 7.99. The van der Waals surface area contributed by atoms with E-state index in [0.717, 1.165) is 18.7 Å². The average Bonchev–Trinajstić information content (AvgIpc) is 2.28. The van der Waals surface area contributed by atoms with Crippen LogP contribution < -0.4 is 5.32 Å². The first-order chi connectivity index (χ1) is 7.63. The molecular formula is C12H17Cl2NS. The number of benzene rings is 1. The fourth-order valence-electron chi connectivity index (χ4n) is 1.19. The van der Waals surface area contributed by atoms with Crippen LogP contribution in [0.25, 0.3) is 0 Å². The van der Waals surface area contributed by atoms with Crippen LogP contribution in [0.3, 0.4) is 0 Å². The summed E-state index contributed by atoms with van der Waals surface area (Å²) in [5.41, 5.74) is 0. The normalized spacial score (nSPS) is 12.8. The minimum Gasteiger partial charge on any atom is -0.313 e. The Morgan fingerprint density at radius 2 is 2.06 bits per heavy atom. The molecule has 0 saturated carbocycles. The first-order valence-electron chi connectivity index (χ1n) is 5.44. The molecule has 1 N–H and O–H groups in total. The number of thioether (sulfide) groups is 1. The van der Waals surface area contributed by atoms with Gasteiger partial charge in [-0.2, -0.15) is 0 Å². The number of rotatable bonds is 6. The Kier molecular flexibility index (Phi) is 6.59. The SMILES string of the molecule is CCC(C)NCCSc1ccc(Cl)c(Cl)c1. The quantitative estimate of drug-likeness (QED) is 0.608. The largest absolute Gasteiger partial charge is 0.313 e. The molecule has 0 saturated heterocycles. The molecular weight excluding hydrogens is 261 g/mol. The molecule has 90 valence electrons. The lowest BCUT2D eigenvalue weighted by Gasteiger charge is -2.10. The van der Waals surface area contributed by atoms with Crippen molar-refractivity contribution in [2.75, 3.05) is 12.3 Å². The molecule has 0 amide bonds. The first-order valence-corrected chi connectivity index (χ1v) is 7.19. The van der Waals surface area contributed by atoms with Crippen molar-refractivity contribution >= 4 is 35.0 Å². The number of hydrogen-bond donors (Lipinski definition) is 1. The Hall–Kier alpha value is 0.110. The van der Waals surface area contributed by atoms with E-state index in [9.17, 15) is 0 Å². The molecule has 0 aliphatic heterocycles. The van der Waals surface area contributed by atoms with Crippen LogP contribution in [-0.4, -0.2) is 18.3 Å². The molecule has 16 heavy (non-hydrogen) atoms. The van der Waals surface area contributed by atoms with Gasteiger partial charge in [0.25, 0.3) is 0 Å². The van der Waals surface area contributed by atoms with Gasteiger partial charge in [-0.1, -0.05) is 30.1 Å². The maximum Gasteiger partial charge on any atom is 0.0603 e. The van der Waals surface area contributed by atoms with Gasteiger partial charge in [0.2, 0.25) is 0 Å². The van der Waals surface area contributed by atoms with Gasteiger partial charge in [0.05, 0.1) is 10.0 Å². The monoisotopic (exact) mass is 277 g/mol. The molecule has 0 fully saturated rings. The van der Waals surface area contributed by atoms with Crippen molar-refractivity contribution in [1.82, 2.24) is 5.32 Å². The summed E-state index contributed by atoms with van der Waals surface area (Å²) in [5.74, 6) is 1.04. The van der Waals surface area contributed by atoms with Crippen LogP contribution in [0, 0.1) is 0 Å². The molecule has 1 aromatic carbocycles. The van der Waals surface area contributed by atoms with Crippen molar-refractivity contribution < 1.29 is 0 Å². The molecule has 0 bridgehead atoms. The van der Waals surface area contributed by atoms with Crippen molar-refractivity contribution in [1.29, 1.82) is 0 Å². The van der Waals surface area contributed by atoms with Crippen LogP contribution in [0.2, 0.25) is 10.0 Å². The summed E-state index contributed by atoms with van der Waals surface area (Å²) in [4.78, 5) is 1.17. The van der Waals surface area contributed by atoms with E-state index in [1.807, 2.05) is 18.2 Å². The van der Waals surface area contributed by atoms with Crippen molar-refractivity contribution in [3.8, 4) is 0 Å². The predicted octanol–water partition coefficient (Wildman–Crippen LogP) is 4.47. The van der Waals surface area contributed by atoms with Gasteiger partial charge < -0.3 is 5.32 Å². The minimum absolute atomic E-state index is 0.592. The van der Waals surface area contributed by atoms with Gasteiger partial charge in [-0.25, -0.2) is 0 Å². The van der Waals surface area contributed by atoms with E-state index < -0.39 is 0 Å². The van der Waals surface area contributed by atoms with E-state index in [2.05, 4.69) is 19.2 Å². The molecule has 0 aliphatic rings. The fourth-order valence-corrected chi connectivity index (χ4v) is 2.37. The van der Waals surface area contributed by atoms with Crippen molar-refractivity contribution in [2.45, 2.75) is 31.2 Å². The summed E-state index contributed by atoms with van der Waals surface area (Å²) in [5, 5.41) is 4.69. The lowest BCUT2D eigenvalue weighted by Crippen LogP contribution is -2.27. The van der Waals surface area contributed by atoms with Crippen LogP contribution in [-0.2, 0) is 0 Å². The van der Waals surface area contributed by atoms with E-state index >= 15 is 0 Å². The highest BCUT2D eigenvalue weighted by atomic mass is 35.5. The highest BCUT2D eigenvalue weighted by Crippen LogP contribution is 2.27. The maximum atomic E-state index is 5.94. The van der Waals surface area contributed by atoms with Gasteiger partial charge in [-0.15, -0.1) is 11.8 Å². The summed E-state index contributed by atoms with van der Waals surface area (Å²) >= 11 is 13.6. The molecule has 1 unspecified atom stereocenters. The second kappa shape index (κ2) is 7.44. The average molecular weight is 278 g/mol. The lowest BCUT2D eigenvalue weighted by atomic mass is 10.3. The van der Waals surface area contributed by atoms with Crippen LogP contribution in [0.4, 0.5) is 0 Å². The summed E-state index contributed by atoms with van der Waals surface area (Å²) in [6, 6.07) is 6.35. The van der Waals surface area contributed by atoms with Gasteiger partial charge in [0.15, 0.2) is 0 Å². The number of halogens is 2. The van der Waals surface area contributed by atoms with Crippen molar-refractivity contribution in [2.24, 2.45) is 0 Å². The zero-order valence-electron chi connectivity index (χ0n) is 9.59. The fraction of sp³-hybridized carbons (Fsp3) is 0.500. The zero-order chi connectivity index (χ0) is 12.0. The van der Waals surface area contributed by atoms with Crippen molar-refractivity contribution in [3.63, 3.8) is 0 Å². The predicted molar refractivity (Wildman–Crippen MR) is 74.9 cm³/mol. The molecule has 1 nitrogen and oxygen atoms in total. The second-order valence-electron chi connectivity index (χ2n) is 3.69. The van der Waals surface area contributed by atoms with Crippen molar-refractivity contribution in [3.05, 3.63) is 28.2 Å².